The second-order valence-electron chi connectivity index (χ2n) is 5.67. The summed E-state index contributed by atoms with van der Waals surface area (Å²) >= 11 is 1.17. The van der Waals surface area contributed by atoms with Crippen LogP contribution < -0.4 is 10.2 Å². The van der Waals surface area contributed by atoms with Crippen LogP contribution in [0.2, 0.25) is 0 Å². The molecule has 0 saturated carbocycles. The van der Waals surface area contributed by atoms with E-state index in [1.54, 1.807) is 0 Å². The molecule has 120 valence electrons. The first kappa shape index (κ1) is 15.5. The summed E-state index contributed by atoms with van der Waals surface area (Å²) in [6, 6.07) is 2.24. The highest BCUT2D eigenvalue weighted by Crippen LogP contribution is 2.37. The second kappa shape index (κ2) is 5.34. The van der Waals surface area contributed by atoms with E-state index in [1.165, 1.54) is 11.3 Å². The zero-order valence-electron chi connectivity index (χ0n) is 12.0. The minimum absolute atomic E-state index is 0.262. The van der Waals surface area contributed by atoms with Gasteiger partial charge in [0.15, 0.2) is 5.13 Å². The summed E-state index contributed by atoms with van der Waals surface area (Å²) in [5.74, 6) is -1.28. The molecule has 0 radical (unpaired) electrons. The number of rotatable bonds is 1. The van der Waals surface area contributed by atoms with Crippen molar-refractivity contribution in [2.75, 3.05) is 18.0 Å². The van der Waals surface area contributed by atoms with Gasteiger partial charge in [-0.05, 0) is 19.9 Å². The van der Waals surface area contributed by atoms with Gasteiger partial charge in [-0.25, -0.2) is 9.37 Å². The monoisotopic (exact) mass is 333 g/mol. The molecule has 0 unspecified atom stereocenters. The van der Waals surface area contributed by atoms with Crippen LogP contribution in [0.5, 0.6) is 0 Å². The fourth-order valence-electron chi connectivity index (χ4n) is 2.77. The maximum absolute atomic E-state index is 13.6. The number of hydrogen-bond donors (Lipinski definition) is 1. The van der Waals surface area contributed by atoms with E-state index >= 15 is 0 Å². The van der Waals surface area contributed by atoms with Gasteiger partial charge in [0.2, 0.25) is 0 Å². The molecule has 1 saturated heterocycles. The fourth-order valence-corrected chi connectivity index (χ4v) is 3.78. The predicted octanol–water partition coefficient (Wildman–Crippen LogP) is 3.64. The summed E-state index contributed by atoms with van der Waals surface area (Å²) < 4.78 is 52.3. The lowest BCUT2D eigenvalue weighted by Gasteiger charge is -2.35. The van der Waals surface area contributed by atoms with E-state index in [4.69, 9.17) is 0 Å². The van der Waals surface area contributed by atoms with E-state index in [2.05, 4.69) is 10.3 Å². The van der Waals surface area contributed by atoms with Crippen LogP contribution in [0.15, 0.2) is 12.1 Å². The molecule has 0 aliphatic carbocycles. The van der Waals surface area contributed by atoms with Crippen molar-refractivity contribution in [3.8, 4) is 0 Å². The van der Waals surface area contributed by atoms with Crippen LogP contribution in [0, 0.1) is 5.82 Å². The van der Waals surface area contributed by atoms with Gasteiger partial charge in [-0.3, -0.25) is 0 Å². The van der Waals surface area contributed by atoms with Crippen molar-refractivity contribution in [3.05, 3.63) is 23.5 Å². The Labute approximate surface area is 128 Å². The molecule has 1 aromatic carbocycles. The van der Waals surface area contributed by atoms with Gasteiger partial charge in [0, 0.05) is 31.2 Å². The van der Waals surface area contributed by atoms with E-state index in [1.807, 2.05) is 18.7 Å². The number of anilines is 1. The first-order chi connectivity index (χ1) is 10.2. The van der Waals surface area contributed by atoms with E-state index in [-0.39, 0.29) is 17.6 Å². The van der Waals surface area contributed by atoms with Crippen LogP contribution in [-0.2, 0) is 6.18 Å². The second-order valence-corrected chi connectivity index (χ2v) is 6.68. The topological polar surface area (TPSA) is 28.2 Å². The quantitative estimate of drug-likeness (QED) is 0.808. The number of nitrogens with one attached hydrogen (secondary N) is 1. The van der Waals surface area contributed by atoms with Crippen molar-refractivity contribution in [3.63, 3.8) is 0 Å². The standard InChI is InChI=1S/C14H15F4N3S/c1-7-5-21(6-8(2)19-7)13-20-11-4-10(15)9(14(16,17)18)3-12(11)22-13/h3-4,7-8,19H,5-6H2,1-2H3/t7-,8+. The average molecular weight is 333 g/mol. The highest BCUT2D eigenvalue weighted by Gasteiger charge is 2.35. The zero-order valence-corrected chi connectivity index (χ0v) is 12.9. The molecular weight excluding hydrogens is 318 g/mol. The lowest BCUT2D eigenvalue weighted by atomic mass is 10.2. The normalized spacial score (nSPS) is 23.3. The number of aromatic nitrogens is 1. The first-order valence-electron chi connectivity index (χ1n) is 6.92. The molecule has 3 rings (SSSR count). The van der Waals surface area contributed by atoms with Crippen molar-refractivity contribution < 1.29 is 17.6 Å². The molecule has 1 aliphatic heterocycles. The Balaban J connectivity index is 1.99. The molecular formula is C14H15F4N3S. The third-order valence-corrected chi connectivity index (χ3v) is 4.68. The Morgan fingerprint density at radius 2 is 1.86 bits per heavy atom. The summed E-state index contributed by atoms with van der Waals surface area (Å²) in [7, 11) is 0. The van der Waals surface area contributed by atoms with Crippen molar-refractivity contribution in [1.29, 1.82) is 0 Å². The van der Waals surface area contributed by atoms with Gasteiger partial charge in [-0.15, -0.1) is 0 Å². The predicted molar refractivity (Wildman–Crippen MR) is 78.9 cm³/mol. The maximum atomic E-state index is 13.6. The van der Waals surface area contributed by atoms with Crippen LogP contribution in [0.3, 0.4) is 0 Å². The molecule has 1 N–H and O–H groups in total. The lowest BCUT2D eigenvalue weighted by molar-refractivity contribution is -0.139. The number of thiazole rings is 1. The Morgan fingerprint density at radius 1 is 1.23 bits per heavy atom. The molecule has 2 atom stereocenters. The number of halogens is 4. The molecule has 3 nitrogen and oxygen atoms in total. The van der Waals surface area contributed by atoms with Gasteiger partial charge >= 0.3 is 6.18 Å². The molecule has 1 fully saturated rings. The Kier molecular flexibility index (Phi) is 3.76. The molecule has 8 heteroatoms. The third-order valence-electron chi connectivity index (χ3n) is 3.60. The molecule has 22 heavy (non-hydrogen) atoms. The lowest BCUT2D eigenvalue weighted by Crippen LogP contribution is -2.54. The Morgan fingerprint density at radius 3 is 2.45 bits per heavy atom. The Hall–Kier alpha value is -1.41. The van der Waals surface area contributed by atoms with Crippen molar-refractivity contribution in [1.82, 2.24) is 10.3 Å². The number of hydrogen-bond acceptors (Lipinski definition) is 4. The van der Waals surface area contributed by atoms with E-state index in [0.29, 0.717) is 9.83 Å². The number of alkyl halides is 3. The minimum Gasteiger partial charge on any atom is -0.345 e. The average Bonchev–Trinajstić information content (AvgIpc) is 2.78. The van der Waals surface area contributed by atoms with E-state index in [9.17, 15) is 17.6 Å². The van der Waals surface area contributed by atoms with Crippen molar-refractivity contribution in [2.24, 2.45) is 0 Å². The molecule has 0 spiro atoms. The molecule has 2 heterocycles. The molecule has 2 aromatic rings. The van der Waals surface area contributed by atoms with Gasteiger partial charge < -0.3 is 10.2 Å². The summed E-state index contributed by atoms with van der Waals surface area (Å²) in [5, 5.41) is 4.01. The highest BCUT2D eigenvalue weighted by molar-refractivity contribution is 7.22. The van der Waals surface area contributed by atoms with E-state index in [0.717, 1.165) is 25.2 Å². The van der Waals surface area contributed by atoms with Gasteiger partial charge in [0.05, 0.1) is 15.8 Å². The first-order valence-corrected chi connectivity index (χ1v) is 7.74. The van der Waals surface area contributed by atoms with Crippen molar-refractivity contribution in [2.45, 2.75) is 32.1 Å². The van der Waals surface area contributed by atoms with Crippen molar-refractivity contribution >= 4 is 26.7 Å². The van der Waals surface area contributed by atoms with Gasteiger partial charge in [-0.1, -0.05) is 11.3 Å². The highest BCUT2D eigenvalue weighted by atomic mass is 32.1. The van der Waals surface area contributed by atoms with Crippen LogP contribution in [0.25, 0.3) is 10.2 Å². The molecule has 1 aliphatic rings. The van der Waals surface area contributed by atoms with E-state index < -0.39 is 17.6 Å². The molecule has 0 amide bonds. The smallest absolute Gasteiger partial charge is 0.345 e. The summed E-state index contributed by atoms with van der Waals surface area (Å²) in [4.78, 5) is 6.33. The third kappa shape index (κ3) is 2.89. The van der Waals surface area contributed by atoms with Gasteiger partial charge in [-0.2, -0.15) is 13.2 Å². The minimum atomic E-state index is -4.69. The summed E-state index contributed by atoms with van der Waals surface area (Å²) in [6.07, 6.45) is -4.69. The maximum Gasteiger partial charge on any atom is 0.419 e. The van der Waals surface area contributed by atoms with Gasteiger partial charge in [0.25, 0.3) is 0 Å². The fraction of sp³-hybridized carbons (Fsp3) is 0.500. The molecule has 0 bridgehead atoms. The number of nitrogens with zero attached hydrogens (tertiary/aromatic N) is 2. The number of benzene rings is 1. The van der Waals surface area contributed by atoms with Crippen LogP contribution >= 0.6 is 11.3 Å². The van der Waals surface area contributed by atoms with Crippen LogP contribution in [0.1, 0.15) is 19.4 Å². The zero-order chi connectivity index (χ0) is 16.1. The van der Waals surface area contributed by atoms with Crippen LogP contribution in [-0.4, -0.2) is 30.2 Å². The van der Waals surface area contributed by atoms with Gasteiger partial charge in [0.1, 0.15) is 5.82 Å². The molecule has 1 aromatic heterocycles. The summed E-state index contributed by atoms with van der Waals surface area (Å²) in [6.45, 7) is 5.52. The summed E-state index contributed by atoms with van der Waals surface area (Å²) in [5.41, 5.74) is -0.971. The largest absolute Gasteiger partial charge is 0.419 e. The SMILES string of the molecule is C[C@@H]1CN(c2nc3cc(F)c(C(F)(F)F)cc3s2)C[C@H](C)N1. The van der Waals surface area contributed by atoms with Crippen LogP contribution in [0.4, 0.5) is 22.7 Å². The Bertz CT molecular complexity index is 687. The number of piperazine rings is 1. The number of fused-ring (bicyclic) bond motifs is 1.